The molecule has 3 N–H and O–H groups in total. The lowest BCUT2D eigenvalue weighted by Crippen LogP contribution is -2.57. The molecule has 2 saturated heterocycles. The maximum absolute atomic E-state index is 12.1. The van der Waals surface area contributed by atoms with Crippen LogP contribution < -0.4 is 5.32 Å². The van der Waals surface area contributed by atoms with Gasteiger partial charge in [-0.15, -0.1) is 0 Å². The first-order valence-electron chi connectivity index (χ1n) is 8.23. The van der Waals surface area contributed by atoms with Gasteiger partial charge in [0.2, 0.25) is 5.91 Å². The highest BCUT2D eigenvalue weighted by molar-refractivity contribution is 5.97. The zero-order chi connectivity index (χ0) is 17.1. The average molecular weight is 325 g/mol. The number of likely N-dealkylation sites (N-methyl/N-ethyl adjacent to an activating group) is 1. The zero-order valence-corrected chi connectivity index (χ0v) is 14.1. The quantitative estimate of drug-likeness (QED) is 0.446. The van der Waals surface area contributed by atoms with Crippen molar-refractivity contribution in [2.24, 2.45) is 5.92 Å². The number of hydrogen-bond donors (Lipinski definition) is 3. The summed E-state index contributed by atoms with van der Waals surface area (Å²) in [4.78, 5) is 27.4. The number of β-lactam (4-membered cyclic amide) rings is 1. The van der Waals surface area contributed by atoms with E-state index < -0.39 is 18.0 Å². The molecule has 2 aliphatic rings. The average Bonchev–Trinajstić information content (AvgIpc) is 2.95. The Morgan fingerprint density at radius 2 is 2.13 bits per heavy atom. The van der Waals surface area contributed by atoms with Crippen LogP contribution in [0.4, 0.5) is 0 Å². The van der Waals surface area contributed by atoms with Crippen LogP contribution in [0.2, 0.25) is 0 Å². The number of carboxylic acids is 1. The number of likely N-dealkylation sites (tertiary alicyclic amines) is 2. The van der Waals surface area contributed by atoms with E-state index in [9.17, 15) is 19.8 Å². The first-order chi connectivity index (χ1) is 10.9. The molecule has 2 fully saturated rings. The lowest BCUT2D eigenvalue weighted by molar-refractivity contribution is -0.155. The molecule has 130 valence electrons. The number of carboxylic acid groups (broad SMARTS) is 1. The zero-order valence-electron chi connectivity index (χ0n) is 14.1. The van der Waals surface area contributed by atoms with Gasteiger partial charge in [-0.3, -0.25) is 9.69 Å². The van der Waals surface area contributed by atoms with Crippen molar-refractivity contribution < 1.29 is 19.8 Å². The molecule has 2 heterocycles. The summed E-state index contributed by atoms with van der Waals surface area (Å²) in [5, 5.41) is 22.4. The number of hydrogen-bond acceptors (Lipinski definition) is 5. The minimum Gasteiger partial charge on any atom is -0.477 e. The van der Waals surface area contributed by atoms with Gasteiger partial charge in [0, 0.05) is 32.2 Å². The molecule has 3 atom stereocenters. The Kier molecular flexibility index (Phi) is 5.78. The van der Waals surface area contributed by atoms with Crippen LogP contribution in [0, 0.1) is 5.92 Å². The van der Waals surface area contributed by atoms with Crippen molar-refractivity contribution in [2.75, 3.05) is 33.2 Å². The smallest absolute Gasteiger partial charge is 0.352 e. The van der Waals surface area contributed by atoms with E-state index in [1.165, 1.54) is 4.90 Å². The molecule has 0 bridgehead atoms. The van der Waals surface area contributed by atoms with Crippen molar-refractivity contribution in [3.8, 4) is 0 Å². The van der Waals surface area contributed by atoms with E-state index in [-0.39, 0.29) is 18.1 Å². The SMILES string of the molecule is CC/C(CN1CC[C@H](NC)C1)=C(/C(=O)O)N1CC([C@@H](C)O)C1=O. The fourth-order valence-corrected chi connectivity index (χ4v) is 3.31. The van der Waals surface area contributed by atoms with Gasteiger partial charge in [0.25, 0.3) is 0 Å². The molecule has 23 heavy (non-hydrogen) atoms. The molecule has 2 aliphatic heterocycles. The highest BCUT2D eigenvalue weighted by atomic mass is 16.4. The fraction of sp³-hybridized carbons (Fsp3) is 0.750. The second-order valence-corrected chi connectivity index (χ2v) is 6.42. The number of aliphatic hydroxyl groups is 1. The first kappa shape index (κ1) is 17.9. The van der Waals surface area contributed by atoms with Crippen LogP contribution in [0.25, 0.3) is 0 Å². The fourth-order valence-electron chi connectivity index (χ4n) is 3.31. The predicted octanol–water partition coefficient (Wildman–Crippen LogP) is -0.132. The molecule has 0 radical (unpaired) electrons. The van der Waals surface area contributed by atoms with Crippen LogP contribution in [-0.2, 0) is 9.59 Å². The lowest BCUT2D eigenvalue weighted by Gasteiger charge is -2.41. The van der Waals surface area contributed by atoms with Crippen molar-refractivity contribution in [3.05, 3.63) is 11.3 Å². The normalized spacial score (nSPS) is 27.7. The summed E-state index contributed by atoms with van der Waals surface area (Å²) in [6.07, 6.45) is 0.891. The third kappa shape index (κ3) is 3.73. The monoisotopic (exact) mass is 325 g/mol. The summed E-state index contributed by atoms with van der Waals surface area (Å²) >= 11 is 0. The van der Waals surface area contributed by atoms with Crippen molar-refractivity contribution in [2.45, 2.75) is 38.8 Å². The van der Waals surface area contributed by atoms with Crippen LogP contribution in [0.3, 0.4) is 0 Å². The molecule has 0 aromatic heterocycles. The van der Waals surface area contributed by atoms with Crippen LogP contribution in [0.5, 0.6) is 0 Å². The Labute approximate surface area is 136 Å². The van der Waals surface area contributed by atoms with E-state index in [1.807, 2.05) is 14.0 Å². The predicted molar refractivity (Wildman–Crippen MR) is 85.7 cm³/mol. The van der Waals surface area contributed by atoms with E-state index >= 15 is 0 Å². The van der Waals surface area contributed by atoms with Crippen LogP contribution >= 0.6 is 0 Å². The van der Waals surface area contributed by atoms with E-state index in [2.05, 4.69) is 10.2 Å². The molecule has 0 aromatic rings. The molecular formula is C16H27N3O4. The van der Waals surface area contributed by atoms with Gasteiger partial charge in [-0.25, -0.2) is 4.79 Å². The standard InChI is InChI=1S/C16H27N3O4/c1-4-11(7-18-6-5-12(8-18)17-3)14(16(22)23)19-9-13(10(2)20)15(19)21/h10,12-13,17,20H,4-9H2,1-3H3,(H,22,23)/b14-11+/t10-,12+,13?/m1/s1. The summed E-state index contributed by atoms with van der Waals surface area (Å²) in [5.41, 5.74) is 0.869. The van der Waals surface area contributed by atoms with E-state index in [1.54, 1.807) is 6.92 Å². The number of nitrogens with one attached hydrogen (secondary N) is 1. The third-order valence-corrected chi connectivity index (χ3v) is 4.87. The molecule has 1 amide bonds. The topological polar surface area (TPSA) is 93.1 Å². The van der Waals surface area contributed by atoms with Crippen molar-refractivity contribution in [1.82, 2.24) is 15.1 Å². The van der Waals surface area contributed by atoms with Crippen molar-refractivity contribution >= 4 is 11.9 Å². The highest BCUT2D eigenvalue weighted by Crippen LogP contribution is 2.29. The van der Waals surface area contributed by atoms with Crippen molar-refractivity contribution in [3.63, 3.8) is 0 Å². The minimum absolute atomic E-state index is 0.0994. The summed E-state index contributed by atoms with van der Waals surface area (Å²) in [6, 6.07) is 0.437. The van der Waals surface area contributed by atoms with Gasteiger partial charge < -0.3 is 20.4 Å². The molecule has 0 aromatic carbocycles. The lowest BCUT2D eigenvalue weighted by atomic mass is 9.91. The van der Waals surface area contributed by atoms with E-state index in [4.69, 9.17) is 0 Å². The molecule has 0 spiro atoms. The Balaban J connectivity index is 2.14. The first-order valence-corrected chi connectivity index (χ1v) is 8.23. The second-order valence-electron chi connectivity index (χ2n) is 6.42. The third-order valence-electron chi connectivity index (χ3n) is 4.87. The second kappa shape index (κ2) is 7.42. The summed E-state index contributed by atoms with van der Waals surface area (Å²) in [7, 11) is 1.93. The van der Waals surface area contributed by atoms with Crippen LogP contribution in [0.15, 0.2) is 11.3 Å². The Hall–Kier alpha value is -1.44. The largest absolute Gasteiger partial charge is 0.477 e. The van der Waals surface area contributed by atoms with E-state index in [0.29, 0.717) is 19.0 Å². The van der Waals surface area contributed by atoms with Gasteiger partial charge in [0.1, 0.15) is 5.70 Å². The molecule has 7 nitrogen and oxygen atoms in total. The van der Waals surface area contributed by atoms with Crippen LogP contribution in [-0.4, -0.2) is 77.3 Å². The maximum atomic E-state index is 12.1. The van der Waals surface area contributed by atoms with Gasteiger partial charge >= 0.3 is 5.97 Å². The number of nitrogens with zero attached hydrogens (tertiary/aromatic N) is 2. The molecular weight excluding hydrogens is 298 g/mol. The van der Waals surface area contributed by atoms with Gasteiger partial charge in [-0.2, -0.15) is 0 Å². The van der Waals surface area contributed by atoms with Crippen molar-refractivity contribution in [1.29, 1.82) is 0 Å². The number of rotatable bonds is 7. The Morgan fingerprint density at radius 1 is 1.43 bits per heavy atom. The number of carbonyl (C=O) groups is 2. The maximum Gasteiger partial charge on any atom is 0.352 e. The van der Waals surface area contributed by atoms with Gasteiger partial charge in [0.15, 0.2) is 0 Å². The van der Waals surface area contributed by atoms with Gasteiger partial charge in [-0.05, 0) is 32.4 Å². The van der Waals surface area contributed by atoms with Crippen LogP contribution in [0.1, 0.15) is 26.7 Å². The Bertz CT molecular complexity index is 504. The van der Waals surface area contributed by atoms with E-state index in [0.717, 1.165) is 25.1 Å². The molecule has 0 aliphatic carbocycles. The number of amides is 1. The molecule has 0 saturated carbocycles. The number of aliphatic hydroxyl groups excluding tert-OH is 1. The molecule has 7 heteroatoms. The number of carbonyl (C=O) groups excluding carboxylic acids is 1. The number of aliphatic carboxylic acids is 1. The summed E-state index contributed by atoms with van der Waals surface area (Å²) < 4.78 is 0. The Morgan fingerprint density at radius 3 is 2.57 bits per heavy atom. The van der Waals surface area contributed by atoms with Gasteiger partial charge in [-0.1, -0.05) is 6.92 Å². The molecule has 1 unspecified atom stereocenters. The van der Waals surface area contributed by atoms with Gasteiger partial charge in [0.05, 0.1) is 12.0 Å². The highest BCUT2D eigenvalue weighted by Gasteiger charge is 2.44. The summed E-state index contributed by atoms with van der Waals surface area (Å²) in [5.74, 6) is -1.84. The summed E-state index contributed by atoms with van der Waals surface area (Å²) in [6.45, 7) is 6.14. The molecule has 2 rings (SSSR count). The minimum atomic E-state index is -1.07.